The minimum absolute atomic E-state index is 0.0700. The van der Waals surface area contributed by atoms with Crippen LogP contribution in [0.15, 0.2) is 12.1 Å². The van der Waals surface area contributed by atoms with E-state index in [0.717, 1.165) is 12.1 Å². The highest BCUT2D eigenvalue weighted by atomic mass is 19.2. The zero-order valence-corrected chi connectivity index (χ0v) is 7.10. The first kappa shape index (κ1) is 10.6. The second-order valence-electron chi connectivity index (χ2n) is 2.72. The van der Waals surface area contributed by atoms with Gasteiger partial charge in [-0.05, 0) is 17.7 Å². The first-order chi connectivity index (χ1) is 6.56. The highest BCUT2D eigenvalue weighted by molar-refractivity contribution is 5.22. The Bertz CT molecular complexity index is 358. The summed E-state index contributed by atoms with van der Waals surface area (Å²) in [6.45, 7) is 0. The van der Waals surface area contributed by atoms with E-state index in [0.29, 0.717) is 0 Å². The van der Waals surface area contributed by atoms with Gasteiger partial charge >= 0.3 is 0 Å². The fourth-order valence-corrected chi connectivity index (χ4v) is 0.997. The molecular weight excluding hydrogens is 193 g/mol. The third kappa shape index (κ3) is 2.06. The van der Waals surface area contributed by atoms with Gasteiger partial charge in [0, 0.05) is 6.42 Å². The van der Waals surface area contributed by atoms with Crippen LogP contribution in [-0.2, 0) is 0 Å². The van der Waals surface area contributed by atoms with Gasteiger partial charge in [0.05, 0.1) is 6.10 Å². The van der Waals surface area contributed by atoms with Crippen LogP contribution in [-0.4, -0.2) is 5.11 Å². The lowest BCUT2D eigenvalue weighted by Gasteiger charge is -2.07. The Balaban J connectivity index is 3.07. The molecule has 0 saturated carbocycles. The van der Waals surface area contributed by atoms with Crippen molar-refractivity contribution in [3.63, 3.8) is 0 Å². The van der Waals surface area contributed by atoms with E-state index in [-0.39, 0.29) is 12.0 Å². The smallest absolute Gasteiger partial charge is 0.194 e. The predicted molar refractivity (Wildman–Crippen MR) is 44.7 cm³/mol. The normalized spacial score (nSPS) is 12.2. The molecule has 1 atom stereocenters. The molecule has 0 bridgehead atoms. The molecule has 1 aromatic rings. The average molecular weight is 200 g/mol. The molecule has 0 heterocycles. The maximum atomic E-state index is 12.7. The monoisotopic (exact) mass is 200 g/mol. The van der Waals surface area contributed by atoms with Crippen molar-refractivity contribution in [2.24, 2.45) is 0 Å². The topological polar surface area (TPSA) is 20.2 Å². The van der Waals surface area contributed by atoms with Crippen molar-refractivity contribution in [1.82, 2.24) is 0 Å². The number of halogens is 3. The molecular formula is C10H7F3O. The summed E-state index contributed by atoms with van der Waals surface area (Å²) in [4.78, 5) is 0. The number of benzene rings is 1. The third-order valence-electron chi connectivity index (χ3n) is 1.70. The van der Waals surface area contributed by atoms with Crippen LogP contribution in [0.3, 0.4) is 0 Å². The SMILES string of the molecule is C#CCC(O)c1cc(F)c(F)c(F)c1. The molecule has 0 amide bonds. The van der Waals surface area contributed by atoms with E-state index in [1.807, 2.05) is 0 Å². The molecule has 14 heavy (non-hydrogen) atoms. The summed E-state index contributed by atoms with van der Waals surface area (Å²) in [6.07, 6.45) is 3.65. The quantitative estimate of drug-likeness (QED) is 0.573. The molecule has 0 fully saturated rings. The van der Waals surface area contributed by atoms with Crippen molar-refractivity contribution in [3.05, 3.63) is 35.1 Å². The molecule has 74 valence electrons. The largest absolute Gasteiger partial charge is 0.387 e. The van der Waals surface area contributed by atoms with Crippen LogP contribution in [0.4, 0.5) is 13.2 Å². The number of aliphatic hydroxyl groups excluding tert-OH is 1. The van der Waals surface area contributed by atoms with Gasteiger partial charge in [0.15, 0.2) is 17.5 Å². The molecule has 0 aliphatic carbocycles. The third-order valence-corrected chi connectivity index (χ3v) is 1.70. The Morgan fingerprint density at radius 1 is 1.29 bits per heavy atom. The summed E-state index contributed by atoms with van der Waals surface area (Å²) >= 11 is 0. The molecule has 1 N–H and O–H groups in total. The van der Waals surface area contributed by atoms with Crippen molar-refractivity contribution >= 4 is 0 Å². The van der Waals surface area contributed by atoms with E-state index >= 15 is 0 Å². The number of terminal acetylenes is 1. The maximum Gasteiger partial charge on any atom is 0.194 e. The van der Waals surface area contributed by atoms with Gasteiger partial charge in [0.2, 0.25) is 0 Å². The fourth-order valence-electron chi connectivity index (χ4n) is 0.997. The number of hydrogen-bond acceptors (Lipinski definition) is 1. The van der Waals surface area contributed by atoms with Crippen LogP contribution in [0.25, 0.3) is 0 Å². The summed E-state index contributed by atoms with van der Waals surface area (Å²) in [5.74, 6) is -2.10. The summed E-state index contributed by atoms with van der Waals surface area (Å²) in [5, 5.41) is 9.26. The van der Waals surface area contributed by atoms with Crippen molar-refractivity contribution in [2.45, 2.75) is 12.5 Å². The molecule has 1 rings (SSSR count). The first-order valence-electron chi connectivity index (χ1n) is 3.82. The second-order valence-corrected chi connectivity index (χ2v) is 2.72. The van der Waals surface area contributed by atoms with Gasteiger partial charge in [-0.15, -0.1) is 12.3 Å². The Kier molecular flexibility index (Phi) is 3.15. The van der Waals surface area contributed by atoms with Crippen molar-refractivity contribution < 1.29 is 18.3 Å². The molecule has 0 aliphatic heterocycles. The van der Waals surface area contributed by atoms with Gasteiger partial charge in [0.1, 0.15) is 0 Å². The molecule has 0 aromatic heterocycles. The van der Waals surface area contributed by atoms with E-state index in [1.54, 1.807) is 0 Å². The van der Waals surface area contributed by atoms with Crippen molar-refractivity contribution in [3.8, 4) is 12.3 Å². The van der Waals surface area contributed by atoms with Gasteiger partial charge < -0.3 is 5.11 Å². The Morgan fingerprint density at radius 3 is 2.21 bits per heavy atom. The highest BCUT2D eigenvalue weighted by Crippen LogP contribution is 2.20. The minimum atomic E-state index is -1.55. The summed E-state index contributed by atoms with van der Waals surface area (Å²) in [6, 6.07) is 1.45. The molecule has 0 saturated heterocycles. The average Bonchev–Trinajstić information content (AvgIpc) is 2.13. The zero-order valence-electron chi connectivity index (χ0n) is 7.10. The van der Waals surface area contributed by atoms with Crippen LogP contribution in [0.1, 0.15) is 18.1 Å². The molecule has 0 spiro atoms. The van der Waals surface area contributed by atoms with E-state index in [9.17, 15) is 18.3 Å². The first-order valence-corrected chi connectivity index (χ1v) is 3.82. The van der Waals surface area contributed by atoms with Gasteiger partial charge in [-0.25, -0.2) is 13.2 Å². The number of rotatable bonds is 2. The molecule has 0 radical (unpaired) electrons. The predicted octanol–water partition coefficient (Wildman–Crippen LogP) is 2.16. The summed E-state index contributed by atoms with van der Waals surface area (Å²) in [7, 11) is 0. The van der Waals surface area contributed by atoms with Gasteiger partial charge in [-0.2, -0.15) is 0 Å². The lowest BCUT2D eigenvalue weighted by Crippen LogP contribution is -2.00. The van der Waals surface area contributed by atoms with Gasteiger partial charge in [-0.3, -0.25) is 0 Å². The summed E-state index contributed by atoms with van der Waals surface area (Å²) in [5.41, 5.74) is -0.0700. The van der Waals surface area contributed by atoms with Crippen molar-refractivity contribution in [2.75, 3.05) is 0 Å². The van der Waals surface area contributed by atoms with E-state index in [4.69, 9.17) is 6.42 Å². The lowest BCUT2D eigenvalue weighted by atomic mass is 10.1. The zero-order chi connectivity index (χ0) is 10.7. The Labute approximate surface area is 79.2 Å². The van der Waals surface area contributed by atoms with Crippen LogP contribution in [0.2, 0.25) is 0 Å². The number of hydrogen-bond donors (Lipinski definition) is 1. The van der Waals surface area contributed by atoms with Crippen LogP contribution in [0.5, 0.6) is 0 Å². The molecule has 1 nitrogen and oxygen atoms in total. The maximum absolute atomic E-state index is 12.7. The molecule has 4 heteroatoms. The fraction of sp³-hybridized carbons (Fsp3) is 0.200. The standard InChI is InChI=1S/C10H7F3O/c1-2-3-9(14)6-4-7(11)10(13)8(12)5-6/h1,4-5,9,14H,3H2. The second kappa shape index (κ2) is 4.16. The van der Waals surface area contributed by atoms with Gasteiger partial charge in [-0.1, -0.05) is 0 Å². The van der Waals surface area contributed by atoms with Crippen LogP contribution >= 0.6 is 0 Å². The van der Waals surface area contributed by atoms with E-state index in [2.05, 4.69) is 5.92 Å². The lowest BCUT2D eigenvalue weighted by molar-refractivity contribution is 0.182. The van der Waals surface area contributed by atoms with Crippen molar-refractivity contribution in [1.29, 1.82) is 0 Å². The Hall–Kier alpha value is -1.47. The molecule has 0 aliphatic rings. The Morgan fingerprint density at radius 2 is 1.79 bits per heavy atom. The highest BCUT2D eigenvalue weighted by Gasteiger charge is 2.14. The minimum Gasteiger partial charge on any atom is -0.387 e. The van der Waals surface area contributed by atoms with E-state index in [1.165, 1.54) is 0 Å². The molecule has 1 unspecified atom stereocenters. The number of aliphatic hydroxyl groups is 1. The summed E-state index contributed by atoms with van der Waals surface area (Å²) < 4.78 is 37.8. The molecule has 1 aromatic carbocycles. The van der Waals surface area contributed by atoms with Gasteiger partial charge in [0.25, 0.3) is 0 Å². The van der Waals surface area contributed by atoms with E-state index < -0.39 is 23.6 Å². The van der Waals surface area contributed by atoms with Crippen LogP contribution < -0.4 is 0 Å². The van der Waals surface area contributed by atoms with Crippen LogP contribution in [0, 0.1) is 29.8 Å².